The molecule has 0 spiro atoms. The van der Waals surface area contributed by atoms with Gasteiger partial charge in [-0.05, 0) is 58.9 Å². The third-order valence-corrected chi connectivity index (χ3v) is 5.16. The fourth-order valence-corrected chi connectivity index (χ4v) is 3.75. The molecule has 1 aromatic carbocycles. The van der Waals surface area contributed by atoms with E-state index in [0.29, 0.717) is 6.04 Å². The highest BCUT2D eigenvalue weighted by Crippen LogP contribution is 2.32. The third kappa shape index (κ3) is 3.12. The summed E-state index contributed by atoms with van der Waals surface area (Å²) < 4.78 is 2.28. The minimum atomic E-state index is 0.303. The molecule has 2 aromatic rings. The number of benzene rings is 1. The van der Waals surface area contributed by atoms with Crippen molar-refractivity contribution in [1.29, 1.82) is 0 Å². The zero-order chi connectivity index (χ0) is 12.4. The van der Waals surface area contributed by atoms with E-state index in [1.807, 2.05) is 0 Å². The van der Waals surface area contributed by atoms with Gasteiger partial charge in [-0.2, -0.15) is 0 Å². The fourth-order valence-electron chi connectivity index (χ4n) is 1.66. The van der Waals surface area contributed by atoms with Crippen molar-refractivity contribution in [3.05, 3.63) is 49.0 Å². The van der Waals surface area contributed by atoms with E-state index in [1.165, 1.54) is 20.6 Å². The predicted molar refractivity (Wildman–Crippen MR) is 82.9 cm³/mol. The highest BCUT2D eigenvalue weighted by Gasteiger charge is 2.11. The number of hydrogen-bond donors (Lipinski definition) is 1. The normalized spacial score (nSPS) is 12.5. The molecule has 0 saturated heterocycles. The molecule has 17 heavy (non-hydrogen) atoms. The third-order valence-electron chi connectivity index (χ3n) is 2.61. The fraction of sp³-hybridized carbons (Fsp3) is 0.231. The van der Waals surface area contributed by atoms with E-state index in [-0.39, 0.29) is 0 Å². The molecule has 0 aliphatic heterocycles. The van der Waals surface area contributed by atoms with Crippen molar-refractivity contribution in [1.82, 2.24) is 0 Å². The molecule has 1 aromatic heterocycles. The lowest BCUT2D eigenvalue weighted by Gasteiger charge is -2.16. The van der Waals surface area contributed by atoms with Crippen LogP contribution in [0.3, 0.4) is 0 Å². The summed E-state index contributed by atoms with van der Waals surface area (Å²) in [5, 5.41) is 5.65. The average Bonchev–Trinajstić information content (AvgIpc) is 2.70. The second-order valence-electron chi connectivity index (χ2n) is 3.96. The topological polar surface area (TPSA) is 12.0 Å². The maximum Gasteiger partial charge on any atom is 0.0589 e. The number of halogens is 2. The number of nitrogens with one attached hydrogen (secondary N) is 1. The Balaban J connectivity index is 2.21. The first-order valence-electron chi connectivity index (χ1n) is 5.33. The van der Waals surface area contributed by atoms with E-state index in [9.17, 15) is 0 Å². The Labute approximate surface area is 123 Å². The van der Waals surface area contributed by atoms with Gasteiger partial charge in [-0.15, -0.1) is 11.3 Å². The molecule has 1 unspecified atom stereocenters. The Morgan fingerprint density at radius 3 is 2.65 bits per heavy atom. The van der Waals surface area contributed by atoms with Crippen molar-refractivity contribution in [3.8, 4) is 0 Å². The molecule has 0 aliphatic carbocycles. The first kappa shape index (κ1) is 13.1. The Kier molecular flexibility index (Phi) is 4.28. The lowest BCUT2D eigenvalue weighted by Crippen LogP contribution is -2.06. The number of rotatable bonds is 3. The highest BCUT2D eigenvalue weighted by molar-refractivity contribution is 9.10. The van der Waals surface area contributed by atoms with Gasteiger partial charge < -0.3 is 5.32 Å². The second kappa shape index (κ2) is 5.55. The molecule has 1 heterocycles. The number of anilines is 1. The van der Waals surface area contributed by atoms with Crippen LogP contribution in [-0.4, -0.2) is 0 Å². The van der Waals surface area contributed by atoms with Crippen LogP contribution in [0.1, 0.15) is 23.4 Å². The van der Waals surface area contributed by atoms with Crippen LogP contribution in [0.4, 0.5) is 5.69 Å². The summed E-state index contributed by atoms with van der Waals surface area (Å²) in [5.74, 6) is 0. The summed E-state index contributed by atoms with van der Waals surface area (Å²) in [7, 11) is 0. The van der Waals surface area contributed by atoms with E-state index >= 15 is 0 Å². The van der Waals surface area contributed by atoms with Gasteiger partial charge in [-0.1, -0.05) is 22.0 Å². The summed E-state index contributed by atoms with van der Waals surface area (Å²) in [6.07, 6.45) is 0. The van der Waals surface area contributed by atoms with Crippen LogP contribution in [0.2, 0.25) is 0 Å². The maximum atomic E-state index is 3.57. The quantitative estimate of drug-likeness (QED) is 0.720. The molecule has 0 bridgehead atoms. The summed E-state index contributed by atoms with van der Waals surface area (Å²) in [4.78, 5) is 1.32. The minimum absolute atomic E-state index is 0.303. The SMILES string of the molecule is Cc1ccc(Br)cc1NC(C)c1sccc1Br. The Morgan fingerprint density at radius 2 is 2.00 bits per heavy atom. The Morgan fingerprint density at radius 1 is 1.24 bits per heavy atom. The van der Waals surface area contributed by atoms with Crippen LogP contribution in [-0.2, 0) is 0 Å². The standard InChI is InChI=1S/C13H13Br2NS/c1-8-3-4-10(14)7-12(8)16-9(2)13-11(15)5-6-17-13/h3-7,9,16H,1-2H3. The molecular formula is C13H13Br2NS. The zero-order valence-electron chi connectivity index (χ0n) is 9.63. The molecule has 0 amide bonds. The van der Waals surface area contributed by atoms with Gasteiger partial charge in [0, 0.05) is 19.5 Å². The van der Waals surface area contributed by atoms with Gasteiger partial charge in [-0.3, -0.25) is 0 Å². The maximum absolute atomic E-state index is 3.57. The van der Waals surface area contributed by atoms with Crippen molar-refractivity contribution in [2.45, 2.75) is 19.9 Å². The average molecular weight is 375 g/mol. The van der Waals surface area contributed by atoms with Crippen LogP contribution >= 0.6 is 43.2 Å². The lowest BCUT2D eigenvalue weighted by molar-refractivity contribution is 0.900. The van der Waals surface area contributed by atoms with Crippen LogP contribution < -0.4 is 5.32 Å². The molecule has 0 saturated carbocycles. The van der Waals surface area contributed by atoms with E-state index in [2.05, 4.69) is 80.7 Å². The monoisotopic (exact) mass is 373 g/mol. The van der Waals surface area contributed by atoms with Gasteiger partial charge in [0.15, 0.2) is 0 Å². The summed E-state index contributed by atoms with van der Waals surface area (Å²) in [5.41, 5.74) is 2.43. The zero-order valence-corrected chi connectivity index (χ0v) is 13.6. The molecular weight excluding hydrogens is 362 g/mol. The van der Waals surface area contributed by atoms with Crippen LogP contribution in [0.25, 0.3) is 0 Å². The molecule has 1 nitrogen and oxygen atoms in total. The van der Waals surface area contributed by atoms with E-state index in [1.54, 1.807) is 11.3 Å². The number of thiophene rings is 1. The number of aryl methyl sites for hydroxylation is 1. The lowest BCUT2D eigenvalue weighted by atomic mass is 10.1. The smallest absolute Gasteiger partial charge is 0.0589 e. The first-order chi connectivity index (χ1) is 8.08. The van der Waals surface area contributed by atoms with Crippen molar-refractivity contribution < 1.29 is 0 Å². The molecule has 90 valence electrons. The molecule has 0 radical (unpaired) electrons. The highest BCUT2D eigenvalue weighted by atomic mass is 79.9. The van der Waals surface area contributed by atoms with E-state index < -0.39 is 0 Å². The first-order valence-corrected chi connectivity index (χ1v) is 7.80. The molecule has 1 N–H and O–H groups in total. The van der Waals surface area contributed by atoms with Crippen molar-refractivity contribution in [2.75, 3.05) is 5.32 Å². The van der Waals surface area contributed by atoms with Gasteiger partial charge in [0.1, 0.15) is 0 Å². The van der Waals surface area contributed by atoms with Gasteiger partial charge in [0.25, 0.3) is 0 Å². The van der Waals surface area contributed by atoms with Gasteiger partial charge in [0.2, 0.25) is 0 Å². The van der Waals surface area contributed by atoms with E-state index in [4.69, 9.17) is 0 Å². The van der Waals surface area contributed by atoms with Crippen LogP contribution in [0, 0.1) is 6.92 Å². The Bertz CT molecular complexity index is 522. The molecule has 0 aliphatic rings. The van der Waals surface area contributed by atoms with Crippen molar-refractivity contribution >= 4 is 48.9 Å². The molecule has 1 atom stereocenters. The van der Waals surface area contributed by atoms with Gasteiger partial charge >= 0.3 is 0 Å². The van der Waals surface area contributed by atoms with E-state index in [0.717, 1.165) is 4.47 Å². The summed E-state index contributed by atoms with van der Waals surface area (Å²) in [6, 6.07) is 8.69. The Hall–Kier alpha value is -0.320. The summed E-state index contributed by atoms with van der Waals surface area (Å²) >= 11 is 8.84. The predicted octanol–water partition coefficient (Wildman–Crippen LogP) is 5.75. The minimum Gasteiger partial charge on any atom is -0.377 e. The second-order valence-corrected chi connectivity index (χ2v) is 6.68. The van der Waals surface area contributed by atoms with Crippen LogP contribution in [0.15, 0.2) is 38.6 Å². The summed E-state index contributed by atoms with van der Waals surface area (Å²) in [6.45, 7) is 4.29. The number of hydrogen-bond acceptors (Lipinski definition) is 2. The van der Waals surface area contributed by atoms with Gasteiger partial charge in [-0.25, -0.2) is 0 Å². The largest absolute Gasteiger partial charge is 0.377 e. The van der Waals surface area contributed by atoms with Gasteiger partial charge in [0.05, 0.1) is 6.04 Å². The van der Waals surface area contributed by atoms with Crippen molar-refractivity contribution in [3.63, 3.8) is 0 Å². The van der Waals surface area contributed by atoms with Crippen LogP contribution in [0.5, 0.6) is 0 Å². The molecule has 0 fully saturated rings. The molecule has 2 rings (SSSR count). The molecule has 4 heteroatoms. The van der Waals surface area contributed by atoms with Crippen molar-refractivity contribution in [2.24, 2.45) is 0 Å².